The minimum absolute atomic E-state index is 0.0942. The van der Waals surface area contributed by atoms with E-state index in [1.54, 1.807) is 20.8 Å². The largest absolute Gasteiger partial charge is 0.486 e. The van der Waals surface area contributed by atoms with Gasteiger partial charge in [-0.3, -0.25) is 9.59 Å². The first kappa shape index (κ1) is 26.5. The SMILES string of the molecule is CC(C)(C)OC(=O)NCCCC[C@H](NC(=O)C1CCCC1)C(=O)COc1cc(F)cc(F)c1. The van der Waals surface area contributed by atoms with Crippen molar-refractivity contribution in [3.8, 4) is 5.75 Å². The summed E-state index contributed by atoms with van der Waals surface area (Å²) in [4.78, 5) is 37.0. The van der Waals surface area contributed by atoms with Gasteiger partial charge in [-0.2, -0.15) is 0 Å². The van der Waals surface area contributed by atoms with Crippen LogP contribution >= 0.6 is 0 Å². The highest BCUT2D eigenvalue weighted by Gasteiger charge is 2.27. The molecule has 2 amide bonds. The zero-order valence-electron chi connectivity index (χ0n) is 19.5. The third kappa shape index (κ3) is 10.2. The quantitative estimate of drug-likeness (QED) is 0.473. The summed E-state index contributed by atoms with van der Waals surface area (Å²) in [5.41, 5.74) is -0.587. The average molecular weight is 469 g/mol. The Labute approximate surface area is 193 Å². The molecule has 9 heteroatoms. The van der Waals surface area contributed by atoms with E-state index in [2.05, 4.69) is 10.6 Å². The van der Waals surface area contributed by atoms with Gasteiger partial charge in [-0.1, -0.05) is 12.8 Å². The molecule has 1 aliphatic rings. The van der Waals surface area contributed by atoms with Crippen LogP contribution in [-0.2, 0) is 14.3 Å². The van der Waals surface area contributed by atoms with Crippen molar-refractivity contribution in [3.63, 3.8) is 0 Å². The molecule has 0 heterocycles. The highest BCUT2D eigenvalue weighted by Crippen LogP contribution is 2.25. The third-order valence-electron chi connectivity index (χ3n) is 5.24. The van der Waals surface area contributed by atoms with Crippen LogP contribution in [0.25, 0.3) is 0 Å². The van der Waals surface area contributed by atoms with E-state index in [9.17, 15) is 23.2 Å². The summed E-state index contributed by atoms with van der Waals surface area (Å²) in [6, 6.07) is 1.92. The molecule has 0 radical (unpaired) electrons. The molecule has 184 valence electrons. The maximum atomic E-state index is 13.3. The predicted molar refractivity (Wildman–Crippen MR) is 119 cm³/mol. The van der Waals surface area contributed by atoms with E-state index in [1.165, 1.54) is 0 Å². The molecular formula is C24H34F2N2O5. The molecule has 7 nitrogen and oxygen atoms in total. The van der Waals surface area contributed by atoms with Gasteiger partial charge in [0.05, 0.1) is 6.04 Å². The van der Waals surface area contributed by atoms with Crippen molar-refractivity contribution < 1.29 is 32.6 Å². The number of nitrogens with one attached hydrogen (secondary N) is 2. The summed E-state index contributed by atoms with van der Waals surface area (Å²) in [5.74, 6) is -2.35. The normalized spacial score (nSPS) is 15.1. The van der Waals surface area contributed by atoms with E-state index >= 15 is 0 Å². The van der Waals surface area contributed by atoms with Crippen molar-refractivity contribution >= 4 is 17.8 Å². The number of amides is 2. The lowest BCUT2D eigenvalue weighted by Crippen LogP contribution is -2.45. The molecule has 1 aromatic carbocycles. The zero-order valence-corrected chi connectivity index (χ0v) is 19.5. The van der Waals surface area contributed by atoms with Crippen molar-refractivity contribution in [2.24, 2.45) is 5.92 Å². The van der Waals surface area contributed by atoms with Gasteiger partial charge in [0.1, 0.15) is 29.6 Å². The molecule has 1 saturated carbocycles. The zero-order chi connectivity index (χ0) is 24.4. The lowest BCUT2D eigenvalue weighted by Gasteiger charge is -2.21. The molecule has 2 N–H and O–H groups in total. The second-order valence-corrected chi connectivity index (χ2v) is 9.33. The van der Waals surface area contributed by atoms with Crippen LogP contribution in [0.3, 0.4) is 0 Å². The molecule has 1 aliphatic carbocycles. The van der Waals surface area contributed by atoms with Crippen LogP contribution in [0.15, 0.2) is 18.2 Å². The van der Waals surface area contributed by atoms with E-state index in [-0.39, 0.29) is 23.4 Å². The molecule has 0 bridgehead atoms. The number of benzene rings is 1. The number of alkyl carbamates (subject to hydrolysis) is 1. The number of unbranched alkanes of at least 4 members (excludes halogenated alkanes) is 1. The minimum Gasteiger partial charge on any atom is -0.486 e. The molecule has 1 fully saturated rings. The van der Waals surface area contributed by atoms with Gasteiger partial charge in [-0.25, -0.2) is 13.6 Å². The maximum Gasteiger partial charge on any atom is 0.407 e. The molecule has 1 aromatic rings. The van der Waals surface area contributed by atoms with Gasteiger partial charge in [-0.15, -0.1) is 0 Å². The number of Topliss-reactive ketones (excluding diaryl/α,β-unsaturated/α-hetero) is 1. The van der Waals surface area contributed by atoms with Gasteiger partial charge < -0.3 is 20.1 Å². The molecular weight excluding hydrogens is 434 g/mol. The number of rotatable bonds is 11. The van der Waals surface area contributed by atoms with E-state index in [1.807, 2.05) is 0 Å². The van der Waals surface area contributed by atoms with Crippen LogP contribution in [0.2, 0.25) is 0 Å². The Kier molecular flexibility index (Phi) is 10.1. The fourth-order valence-electron chi connectivity index (χ4n) is 3.64. The van der Waals surface area contributed by atoms with Crippen LogP contribution in [0.1, 0.15) is 65.7 Å². The maximum absolute atomic E-state index is 13.3. The first-order valence-electron chi connectivity index (χ1n) is 11.4. The smallest absolute Gasteiger partial charge is 0.407 e. The Balaban J connectivity index is 1.86. The van der Waals surface area contributed by atoms with E-state index < -0.39 is 36.0 Å². The standard InChI is InChI=1S/C24H34F2N2O5/c1-24(2,3)33-23(31)27-11-7-6-10-20(28-22(30)16-8-4-5-9-16)21(29)15-32-19-13-17(25)12-18(26)14-19/h12-14,16,20H,4-11,15H2,1-3H3,(H,27,31)(H,28,30)/t20-/m0/s1. The van der Waals surface area contributed by atoms with Gasteiger partial charge in [0.15, 0.2) is 5.78 Å². The molecule has 1 atom stereocenters. The fourth-order valence-corrected chi connectivity index (χ4v) is 3.64. The summed E-state index contributed by atoms with van der Waals surface area (Å²) >= 11 is 0. The lowest BCUT2D eigenvalue weighted by molar-refractivity contribution is -0.131. The number of halogens is 2. The van der Waals surface area contributed by atoms with Gasteiger partial charge in [0.2, 0.25) is 5.91 Å². The summed E-state index contributed by atoms with van der Waals surface area (Å²) in [6.07, 6.45) is 4.55. The van der Waals surface area contributed by atoms with Crippen LogP contribution in [0.4, 0.5) is 13.6 Å². The second kappa shape index (κ2) is 12.5. The minimum atomic E-state index is -0.805. The topological polar surface area (TPSA) is 93.7 Å². The molecule has 0 aromatic heterocycles. The number of hydrogen-bond donors (Lipinski definition) is 2. The Morgan fingerprint density at radius 1 is 1.06 bits per heavy atom. The summed E-state index contributed by atoms with van der Waals surface area (Å²) in [7, 11) is 0. The van der Waals surface area contributed by atoms with Crippen LogP contribution in [0, 0.1) is 17.6 Å². The first-order valence-corrected chi connectivity index (χ1v) is 11.4. The van der Waals surface area contributed by atoms with Crippen molar-refractivity contribution in [1.29, 1.82) is 0 Å². The van der Waals surface area contributed by atoms with E-state index in [0.717, 1.165) is 37.8 Å². The Morgan fingerprint density at radius 2 is 1.70 bits per heavy atom. The average Bonchev–Trinajstić information content (AvgIpc) is 3.24. The predicted octanol–water partition coefficient (Wildman–Crippen LogP) is 4.28. The van der Waals surface area contributed by atoms with Crippen molar-refractivity contribution in [2.75, 3.05) is 13.2 Å². The van der Waals surface area contributed by atoms with Crippen molar-refractivity contribution in [2.45, 2.75) is 77.4 Å². The van der Waals surface area contributed by atoms with Crippen LogP contribution in [0.5, 0.6) is 5.75 Å². The molecule has 0 saturated heterocycles. The van der Waals surface area contributed by atoms with Gasteiger partial charge in [0, 0.05) is 30.7 Å². The number of carbonyl (C=O) groups is 3. The highest BCUT2D eigenvalue weighted by molar-refractivity contribution is 5.90. The monoisotopic (exact) mass is 468 g/mol. The number of ether oxygens (including phenoxy) is 2. The first-order chi connectivity index (χ1) is 15.5. The molecule has 33 heavy (non-hydrogen) atoms. The Morgan fingerprint density at radius 3 is 2.30 bits per heavy atom. The fraction of sp³-hybridized carbons (Fsp3) is 0.625. The lowest BCUT2D eigenvalue weighted by atomic mass is 10.0. The molecule has 0 spiro atoms. The van der Waals surface area contributed by atoms with Crippen LogP contribution < -0.4 is 15.4 Å². The number of ketones is 1. The van der Waals surface area contributed by atoms with Crippen LogP contribution in [-0.4, -0.2) is 42.6 Å². The third-order valence-corrected chi connectivity index (χ3v) is 5.24. The van der Waals surface area contributed by atoms with Gasteiger partial charge in [0.25, 0.3) is 0 Å². The Hall–Kier alpha value is -2.71. The molecule has 0 unspecified atom stereocenters. The van der Waals surface area contributed by atoms with Gasteiger partial charge in [-0.05, 0) is 52.9 Å². The molecule has 0 aliphatic heterocycles. The second-order valence-electron chi connectivity index (χ2n) is 9.33. The highest BCUT2D eigenvalue weighted by atomic mass is 19.1. The van der Waals surface area contributed by atoms with E-state index in [4.69, 9.17) is 9.47 Å². The summed E-state index contributed by atoms with van der Waals surface area (Å²) < 4.78 is 37.1. The number of hydrogen-bond acceptors (Lipinski definition) is 5. The molecule has 2 rings (SSSR count). The summed E-state index contributed by atoms with van der Waals surface area (Å²) in [6.45, 7) is 5.27. The Bertz CT molecular complexity index is 799. The van der Waals surface area contributed by atoms with Gasteiger partial charge >= 0.3 is 6.09 Å². The summed E-state index contributed by atoms with van der Waals surface area (Å²) in [5, 5.41) is 5.48. The van der Waals surface area contributed by atoms with Crippen molar-refractivity contribution in [3.05, 3.63) is 29.8 Å². The van der Waals surface area contributed by atoms with Crippen molar-refractivity contribution in [1.82, 2.24) is 10.6 Å². The number of carbonyl (C=O) groups excluding carboxylic acids is 3. The van der Waals surface area contributed by atoms with E-state index in [0.29, 0.717) is 31.9 Å².